The number of carbonyl (C=O) groups is 3. The molecule has 2 aromatic rings. The lowest BCUT2D eigenvalue weighted by molar-refractivity contribution is -0.142. The van der Waals surface area contributed by atoms with Crippen molar-refractivity contribution in [2.45, 2.75) is 78.0 Å². The van der Waals surface area contributed by atoms with Gasteiger partial charge in [-0.05, 0) is 58.9 Å². The van der Waals surface area contributed by atoms with Crippen LogP contribution in [0, 0.1) is 12.8 Å². The van der Waals surface area contributed by atoms with Gasteiger partial charge in [-0.3, -0.25) is 9.59 Å². The van der Waals surface area contributed by atoms with Gasteiger partial charge in [0, 0.05) is 25.4 Å². The number of hydrogen-bond donors (Lipinski definition) is 2. The number of aryl methyl sites for hydroxylation is 2. The van der Waals surface area contributed by atoms with Crippen molar-refractivity contribution in [3.63, 3.8) is 0 Å². The van der Waals surface area contributed by atoms with E-state index >= 15 is 0 Å². The van der Waals surface area contributed by atoms with Gasteiger partial charge >= 0.3 is 12.1 Å². The predicted molar refractivity (Wildman–Crippen MR) is 125 cm³/mol. The smallest absolute Gasteiger partial charge is 0.408 e. The van der Waals surface area contributed by atoms with E-state index in [1.54, 1.807) is 33.3 Å². The molecule has 0 aliphatic rings. The Bertz CT molecular complexity index is 901. The number of imidazole rings is 1. The van der Waals surface area contributed by atoms with Crippen LogP contribution in [0.25, 0.3) is 0 Å². The molecule has 0 saturated heterocycles. The van der Waals surface area contributed by atoms with Gasteiger partial charge in [0.25, 0.3) is 0 Å². The minimum atomic E-state index is -0.913. The molecule has 8 heteroatoms. The Labute approximate surface area is 195 Å². The largest absolute Gasteiger partial charge is 0.481 e. The number of aliphatic carboxylic acids is 1. The average molecular weight is 458 g/mol. The Morgan fingerprint density at radius 3 is 2.42 bits per heavy atom. The highest BCUT2D eigenvalue weighted by molar-refractivity contribution is 5.88. The molecule has 2 rings (SSSR count). The molecular formula is C25H35N3O5. The molecule has 1 heterocycles. The topological polar surface area (TPSA) is 111 Å². The molecule has 0 aliphatic carbocycles. The number of rotatable bonds is 12. The number of benzene rings is 1. The first-order valence-electron chi connectivity index (χ1n) is 11.3. The number of aromatic nitrogens is 2. The molecule has 33 heavy (non-hydrogen) atoms. The van der Waals surface area contributed by atoms with Crippen molar-refractivity contribution in [3.8, 4) is 0 Å². The van der Waals surface area contributed by atoms with Crippen LogP contribution >= 0.6 is 0 Å². The number of carbonyl (C=O) groups excluding carboxylic acids is 2. The lowest BCUT2D eigenvalue weighted by Crippen LogP contribution is -2.44. The van der Waals surface area contributed by atoms with E-state index in [-0.39, 0.29) is 18.6 Å². The molecule has 2 atom stereocenters. The van der Waals surface area contributed by atoms with E-state index in [1.165, 1.54) is 0 Å². The molecule has 0 radical (unpaired) electrons. The van der Waals surface area contributed by atoms with Crippen LogP contribution in [0.4, 0.5) is 4.79 Å². The monoisotopic (exact) mass is 457 g/mol. The summed E-state index contributed by atoms with van der Waals surface area (Å²) in [6.07, 6.45) is 6.27. The number of hydrogen-bond acceptors (Lipinski definition) is 5. The van der Waals surface area contributed by atoms with Gasteiger partial charge in [0.1, 0.15) is 5.60 Å². The van der Waals surface area contributed by atoms with Gasteiger partial charge in [0.05, 0.1) is 18.3 Å². The number of ketones is 1. The third-order valence-corrected chi connectivity index (χ3v) is 5.26. The zero-order chi connectivity index (χ0) is 24.4. The minimum Gasteiger partial charge on any atom is -0.481 e. The van der Waals surface area contributed by atoms with Crippen LogP contribution in [-0.4, -0.2) is 44.1 Å². The van der Waals surface area contributed by atoms with Crippen LogP contribution in [0.2, 0.25) is 0 Å². The molecule has 1 amide bonds. The third kappa shape index (κ3) is 9.89. The fraction of sp³-hybridized carbons (Fsp3) is 0.520. The normalized spacial score (nSPS) is 13.2. The fourth-order valence-electron chi connectivity index (χ4n) is 3.48. The first-order chi connectivity index (χ1) is 15.5. The van der Waals surface area contributed by atoms with E-state index in [9.17, 15) is 19.5 Å². The fourth-order valence-corrected chi connectivity index (χ4v) is 3.48. The Hall–Kier alpha value is -3.16. The molecule has 0 unspecified atom stereocenters. The van der Waals surface area contributed by atoms with Gasteiger partial charge in [-0.25, -0.2) is 9.78 Å². The second-order valence-electron chi connectivity index (χ2n) is 9.37. The van der Waals surface area contributed by atoms with Gasteiger partial charge in [-0.15, -0.1) is 0 Å². The quantitative estimate of drug-likeness (QED) is 0.495. The number of nitrogens with zero attached hydrogens (tertiary/aromatic N) is 2. The van der Waals surface area contributed by atoms with E-state index in [0.717, 1.165) is 11.1 Å². The maximum absolute atomic E-state index is 13.0. The number of alkyl carbamates (subject to hydrolysis) is 1. The average Bonchev–Trinajstić information content (AvgIpc) is 3.23. The molecule has 8 nitrogen and oxygen atoms in total. The van der Waals surface area contributed by atoms with Crippen molar-refractivity contribution in [1.29, 1.82) is 0 Å². The summed E-state index contributed by atoms with van der Waals surface area (Å²) in [5.41, 5.74) is 1.32. The number of amides is 1. The van der Waals surface area contributed by atoms with Crippen LogP contribution in [0.15, 0.2) is 43.0 Å². The van der Waals surface area contributed by atoms with Crippen molar-refractivity contribution in [2.24, 2.45) is 5.92 Å². The van der Waals surface area contributed by atoms with Gasteiger partial charge in [-0.2, -0.15) is 0 Å². The maximum atomic E-state index is 13.0. The molecule has 1 aromatic heterocycles. The lowest BCUT2D eigenvalue weighted by atomic mass is 9.93. The molecule has 0 saturated carbocycles. The van der Waals surface area contributed by atoms with E-state index in [2.05, 4.69) is 10.3 Å². The number of ether oxygens (including phenoxy) is 1. The van der Waals surface area contributed by atoms with Crippen LogP contribution in [0.1, 0.15) is 57.6 Å². The zero-order valence-electron chi connectivity index (χ0n) is 19.9. The molecule has 180 valence electrons. The van der Waals surface area contributed by atoms with E-state index in [4.69, 9.17) is 4.74 Å². The zero-order valence-corrected chi connectivity index (χ0v) is 19.9. The minimum absolute atomic E-state index is 0.0639. The number of nitrogens with one attached hydrogen (secondary N) is 1. The van der Waals surface area contributed by atoms with Gasteiger partial charge in [0.2, 0.25) is 0 Å². The molecule has 0 spiro atoms. The van der Waals surface area contributed by atoms with Crippen LogP contribution < -0.4 is 5.32 Å². The summed E-state index contributed by atoms with van der Waals surface area (Å²) in [5, 5.41) is 12.3. The second-order valence-corrected chi connectivity index (χ2v) is 9.37. The maximum Gasteiger partial charge on any atom is 0.408 e. The van der Waals surface area contributed by atoms with Gasteiger partial charge in [-0.1, -0.05) is 29.8 Å². The summed E-state index contributed by atoms with van der Waals surface area (Å²) in [6, 6.07) is 6.95. The van der Waals surface area contributed by atoms with Crippen LogP contribution in [0.5, 0.6) is 0 Å². The highest BCUT2D eigenvalue weighted by Crippen LogP contribution is 2.17. The molecule has 0 fully saturated rings. The highest BCUT2D eigenvalue weighted by atomic mass is 16.6. The van der Waals surface area contributed by atoms with E-state index < -0.39 is 29.6 Å². The van der Waals surface area contributed by atoms with E-state index in [0.29, 0.717) is 25.8 Å². The second kappa shape index (κ2) is 12.2. The van der Waals surface area contributed by atoms with Crippen molar-refractivity contribution < 1.29 is 24.2 Å². The first kappa shape index (κ1) is 26.1. The van der Waals surface area contributed by atoms with Crippen LogP contribution in [-0.2, 0) is 27.3 Å². The number of carboxylic acids is 1. The summed E-state index contributed by atoms with van der Waals surface area (Å²) in [4.78, 5) is 41.0. The van der Waals surface area contributed by atoms with Gasteiger partial charge < -0.3 is 19.7 Å². The highest BCUT2D eigenvalue weighted by Gasteiger charge is 2.26. The van der Waals surface area contributed by atoms with Crippen molar-refractivity contribution in [1.82, 2.24) is 14.9 Å². The number of carboxylic acid groups (broad SMARTS) is 1. The summed E-state index contributed by atoms with van der Waals surface area (Å²) in [7, 11) is 0. The SMILES string of the molecule is Cc1ccc(C[C@H](NC(=O)OC(C)(C)C)C(=O)CC[C@H](CCCn2ccnc2)C(=O)O)cc1. The summed E-state index contributed by atoms with van der Waals surface area (Å²) in [5.74, 6) is -1.75. The Balaban J connectivity index is 1.99. The summed E-state index contributed by atoms with van der Waals surface area (Å²) < 4.78 is 7.22. The standard InChI is InChI=1S/C25H35N3O5/c1-18-7-9-19(10-8-18)16-21(27-24(32)33-25(2,3)4)22(29)12-11-20(23(30)31)6-5-14-28-15-13-26-17-28/h7-10,13,15,17,20-21H,5-6,11-12,14,16H2,1-4H3,(H,27,32)(H,30,31)/t20-,21-/m0/s1. The van der Waals surface area contributed by atoms with Crippen LogP contribution in [0.3, 0.4) is 0 Å². The van der Waals surface area contributed by atoms with E-state index in [1.807, 2.05) is 42.0 Å². The van der Waals surface area contributed by atoms with Crippen molar-refractivity contribution in [3.05, 3.63) is 54.1 Å². The summed E-state index contributed by atoms with van der Waals surface area (Å²) >= 11 is 0. The predicted octanol–water partition coefficient (Wildman–Crippen LogP) is 4.16. The number of Topliss-reactive ketones (excluding diaryl/α,β-unsaturated/α-hetero) is 1. The molecule has 2 N–H and O–H groups in total. The summed E-state index contributed by atoms with van der Waals surface area (Å²) in [6.45, 7) is 7.91. The molecular weight excluding hydrogens is 422 g/mol. The van der Waals surface area contributed by atoms with Crippen molar-refractivity contribution >= 4 is 17.8 Å². The first-order valence-corrected chi connectivity index (χ1v) is 11.3. The Morgan fingerprint density at radius 2 is 1.85 bits per heavy atom. The Morgan fingerprint density at radius 1 is 1.15 bits per heavy atom. The molecule has 1 aromatic carbocycles. The third-order valence-electron chi connectivity index (χ3n) is 5.26. The van der Waals surface area contributed by atoms with Gasteiger partial charge in [0.15, 0.2) is 5.78 Å². The Kier molecular flexibility index (Phi) is 9.63. The molecule has 0 bridgehead atoms. The van der Waals surface area contributed by atoms with Crippen molar-refractivity contribution in [2.75, 3.05) is 0 Å². The lowest BCUT2D eigenvalue weighted by Gasteiger charge is -2.23. The molecule has 0 aliphatic heterocycles.